The van der Waals surface area contributed by atoms with Gasteiger partial charge in [0.2, 0.25) is 0 Å². The zero-order valence-electron chi connectivity index (χ0n) is 13.5. The number of hydrogen-bond donors (Lipinski definition) is 0. The molecule has 1 aliphatic rings. The van der Waals surface area contributed by atoms with Gasteiger partial charge in [0, 0.05) is 27.3 Å². The van der Waals surface area contributed by atoms with E-state index in [4.69, 9.17) is 0 Å². The van der Waals surface area contributed by atoms with E-state index in [0.29, 0.717) is 5.25 Å². The summed E-state index contributed by atoms with van der Waals surface area (Å²) in [5.74, 6) is 0.854. The molecule has 0 aliphatic carbocycles. The van der Waals surface area contributed by atoms with Crippen molar-refractivity contribution in [3.8, 4) is 0 Å². The molecule has 5 heteroatoms. The summed E-state index contributed by atoms with van der Waals surface area (Å²) < 4.78 is 13.0. The summed E-state index contributed by atoms with van der Waals surface area (Å²) in [6.45, 7) is 4.17. The van der Waals surface area contributed by atoms with E-state index in [1.54, 1.807) is 11.8 Å². The van der Waals surface area contributed by atoms with Crippen LogP contribution in [0.25, 0.3) is 0 Å². The van der Waals surface area contributed by atoms with Crippen LogP contribution in [0.2, 0.25) is 0 Å². The molecular weight excluding hydrogens is 357 g/mol. The van der Waals surface area contributed by atoms with E-state index in [0.717, 1.165) is 23.7 Å². The van der Waals surface area contributed by atoms with Crippen LogP contribution >= 0.6 is 34.9 Å². The van der Waals surface area contributed by atoms with Crippen LogP contribution in [-0.2, 0) is 6.54 Å². The summed E-state index contributed by atoms with van der Waals surface area (Å²) in [5, 5.41) is 3.93. The van der Waals surface area contributed by atoms with Crippen LogP contribution in [0, 0.1) is 5.82 Å². The first-order valence-electron chi connectivity index (χ1n) is 7.90. The largest absolute Gasteiger partial charge is 0.357 e. The Morgan fingerprint density at radius 3 is 2.83 bits per heavy atom. The molecule has 24 heavy (non-hydrogen) atoms. The highest BCUT2D eigenvalue weighted by Crippen LogP contribution is 2.31. The van der Waals surface area contributed by atoms with Crippen LogP contribution in [0.1, 0.15) is 11.8 Å². The number of allylic oxidation sites excluding steroid dienone is 2. The highest BCUT2D eigenvalue weighted by molar-refractivity contribution is 8.05. The summed E-state index contributed by atoms with van der Waals surface area (Å²) >= 11 is 5.51. The van der Waals surface area contributed by atoms with Crippen LogP contribution < -0.4 is 0 Å². The van der Waals surface area contributed by atoms with Gasteiger partial charge < -0.3 is 4.90 Å². The SMILES string of the molecule is CC(CSC1=CC=CCN1Cc1cccs1)Sc1ccc(F)cc1. The Hall–Kier alpha value is -1.17. The van der Waals surface area contributed by atoms with E-state index < -0.39 is 0 Å². The van der Waals surface area contributed by atoms with Gasteiger partial charge in [-0.25, -0.2) is 4.39 Å². The van der Waals surface area contributed by atoms with E-state index in [9.17, 15) is 4.39 Å². The minimum Gasteiger partial charge on any atom is -0.357 e. The zero-order valence-corrected chi connectivity index (χ0v) is 16.0. The topological polar surface area (TPSA) is 3.24 Å². The van der Waals surface area contributed by atoms with Crippen molar-refractivity contribution >= 4 is 34.9 Å². The van der Waals surface area contributed by atoms with E-state index in [1.165, 1.54) is 22.0 Å². The van der Waals surface area contributed by atoms with Gasteiger partial charge >= 0.3 is 0 Å². The molecule has 1 aromatic heterocycles. The monoisotopic (exact) mass is 377 g/mol. The summed E-state index contributed by atoms with van der Waals surface area (Å²) in [6, 6.07) is 11.1. The van der Waals surface area contributed by atoms with Crippen molar-refractivity contribution in [2.45, 2.75) is 23.6 Å². The molecule has 0 N–H and O–H groups in total. The molecule has 2 aromatic rings. The fourth-order valence-electron chi connectivity index (χ4n) is 2.39. The molecule has 0 saturated heterocycles. The second-order valence-electron chi connectivity index (χ2n) is 5.59. The van der Waals surface area contributed by atoms with Crippen molar-refractivity contribution in [3.05, 3.63) is 75.7 Å². The summed E-state index contributed by atoms with van der Waals surface area (Å²) in [4.78, 5) is 4.94. The van der Waals surface area contributed by atoms with Gasteiger partial charge in [-0.05, 0) is 41.8 Å². The standard InChI is InChI=1S/C19H20FNS3/c1-15(24-17-9-7-16(20)8-10-17)14-23-19-6-2-3-11-21(19)13-18-5-4-12-22-18/h2-10,12,15H,11,13-14H2,1H3. The van der Waals surface area contributed by atoms with E-state index in [2.05, 4.69) is 47.6 Å². The summed E-state index contributed by atoms with van der Waals surface area (Å²) in [6.07, 6.45) is 6.55. The van der Waals surface area contributed by atoms with Crippen molar-refractivity contribution in [1.29, 1.82) is 0 Å². The van der Waals surface area contributed by atoms with Crippen molar-refractivity contribution in [1.82, 2.24) is 4.90 Å². The number of rotatable bonds is 7. The van der Waals surface area contributed by atoms with Gasteiger partial charge in [-0.15, -0.1) is 34.9 Å². The van der Waals surface area contributed by atoms with E-state index in [-0.39, 0.29) is 5.82 Å². The minimum absolute atomic E-state index is 0.176. The average molecular weight is 378 g/mol. The smallest absolute Gasteiger partial charge is 0.123 e. The lowest BCUT2D eigenvalue weighted by molar-refractivity contribution is 0.399. The third-order valence-electron chi connectivity index (χ3n) is 3.56. The molecule has 1 aromatic carbocycles. The maximum atomic E-state index is 13.0. The lowest BCUT2D eigenvalue weighted by Gasteiger charge is -2.28. The lowest BCUT2D eigenvalue weighted by atomic mass is 10.3. The molecule has 0 fully saturated rings. The van der Waals surface area contributed by atoms with Crippen molar-refractivity contribution in [2.24, 2.45) is 0 Å². The molecule has 0 saturated carbocycles. The highest BCUT2D eigenvalue weighted by Gasteiger charge is 2.14. The Morgan fingerprint density at radius 1 is 1.25 bits per heavy atom. The molecule has 1 aliphatic heterocycles. The van der Waals surface area contributed by atoms with Crippen LogP contribution in [-0.4, -0.2) is 22.4 Å². The first kappa shape index (κ1) is 17.6. The highest BCUT2D eigenvalue weighted by atomic mass is 32.2. The van der Waals surface area contributed by atoms with Crippen LogP contribution in [0.15, 0.2) is 69.9 Å². The predicted octanol–water partition coefficient (Wildman–Crippen LogP) is 6.01. The number of nitrogens with zero attached hydrogens (tertiary/aromatic N) is 1. The molecule has 1 atom stereocenters. The molecule has 0 amide bonds. The first-order chi connectivity index (χ1) is 11.7. The quantitative estimate of drug-likeness (QED) is 0.544. The van der Waals surface area contributed by atoms with Gasteiger partial charge in [0.05, 0.1) is 11.6 Å². The molecule has 1 unspecified atom stereocenters. The molecule has 126 valence electrons. The maximum absolute atomic E-state index is 13.0. The average Bonchev–Trinajstić information content (AvgIpc) is 3.09. The number of halogens is 1. The second-order valence-corrected chi connectivity index (χ2v) is 9.17. The summed E-state index contributed by atoms with van der Waals surface area (Å²) in [5.41, 5.74) is 0. The molecule has 1 nitrogen and oxygen atoms in total. The molecule has 2 heterocycles. The van der Waals surface area contributed by atoms with Crippen LogP contribution in [0.5, 0.6) is 0 Å². The number of thiophene rings is 1. The van der Waals surface area contributed by atoms with Crippen LogP contribution in [0.4, 0.5) is 4.39 Å². The summed E-state index contributed by atoms with van der Waals surface area (Å²) in [7, 11) is 0. The molecule has 0 bridgehead atoms. The molecule has 3 rings (SSSR count). The number of benzene rings is 1. The molecule has 0 radical (unpaired) electrons. The predicted molar refractivity (Wildman–Crippen MR) is 106 cm³/mol. The van der Waals surface area contributed by atoms with Gasteiger partial charge in [0.1, 0.15) is 5.82 Å². The zero-order chi connectivity index (χ0) is 16.8. The second kappa shape index (κ2) is 8.79. The number of thioether (sulfide) groups is 2. The van der Waals surface area contributed by atoms with Gasteiger partial charge in [0.25, 0.3) is 0 Å². The van der Waals surface area contributed by atoms with Gasteiger partial charge in [-0.2, -0.15) is 0 Å². The van der Waals surface area contributed by atoms with Gasteiger partial charge in [-0.1, -0.05) is 25.1 Å². The molecular formula is C19H20FNS3. The first-order valence-corrected chi connectivity index (χ1v) is 10.6. The lowest BCUT2D eigenvalue weighted by Crippen LogP contribution is -2.23. The Kier molecular flexibility index (Phi) is 6.46. The minimum atomic E-state index is -0.176. The van der Waals surface area contributed by atoms with E-state index in [1.807, 2.05) is 35.2 Å². The van der Waals surface area contributed by atoms with Crippen LogP contribution in [0.3, 0.4) is 0 Å². The Morgan fingerprint density at radius 2 is 2.08 bits per heavy atom. The van der Waals surface area contributed by atoms with Gasteiger partial charge in [0.15, 0.2) is 0 Å². The number of hydrogen-bond acceptors (Lipinski definition) is 4. The third-order valence-corrected chi connectivity index (χ3v) is 7.10. The Labute approximate surface area is 155 Å². The third kappa shape index (κ3) is 5.16. The fourth-order valence-corrected chi connectivity index (χ4v) is 5.24. The molecule has 0 spiro atoms. The van der Waals surface area contributed by atoms with Crippen molar-refractivity contribution in [3.63, 3.8) is 0 Å². The Bertz CT molecular complexity index is 692. The van der Waals surface area contributed by atoms with Crippen molar-refractivity contribution in [2.75, 3.05) is 12.3 Å². The van der Waals surface area contributed by atoms with E-state index >= 15 is 0 Å². The van der Waals surface area contributed by atoms with Crippen molar-refractivity contribution < 1.29 is 4.39 Å². The Balaban J connectivity index is 1.52. The normalized spacial score (nSPS) is 15.4. The fraction of sp³-hybridized carbons (Fsp3) is 0.263. The van der Waals surface area contributed by atoms with Gasteiger partial charge in [-0.3, -0.25) is 0 Å². The maximum Gasteiger partial charge on any atom is 0.123 e.